The standard InChI is InChI=1S/C20H24N2O/c23-20(15-22-12-8-19(20)9-13-22)10-7-16-3-5-17(6-4-16)18-2-1-11-21-14-18/h1-6,11,14,19,23H,7-10,12-13,15H2. The van der Waals surface area contributed by atoms with E-state index in [1.54, 1.807) is 6.20 Å². The smallest absolute Gasteiger partial charge is 0.0806 e. The zero-order chi connectivity index (χ0) is 15.7. The Morgan fingerprint density at radius 2 is 1.87 bits per heavy atom. The number of benzene rings is 1. The Morgan fingerprint density at radius 3 is 2.48 bits per heavy atom. The molecule has 0 saturated carbocycles. The summed E-state index contributed by atoms with van der Waals surface area (Å²) < 4.78 is 0. The topological polar surface area (TPSA) is 36.4 Å². The van der Waals surface area contributed by atoms with Gasteiger partial charge in [0, 0.05) is 18.9 Å². The number of aliphatic hydroxyl groups is 1. The van der Waals surface area contributed by atoms with Gasteiger partial charge in [-0.2, -0.15) is 0 Å². The fourth-order valence-electron chi connectivity index (χ4n) is 4.19. The molecule has 1 N–H and O–H groups in total. The van der Waals surface area contributed by atoms with E-state index in [4.69, 9.17) is 0 Å². The number of hydrogen-bond donors (Lipinski definition) is 1. The van der Waals surface area contributed by atoms with Gasteiger partial charge in [-0.05, 0) is 67.4 Å². The second kappa shape index (κ2) is 6.06. The third kappa shape index (κ3) is 3.04. The minimum atomic E-state index is -0.474. The molecule has 1 aromatic carbocycles. The summed E-state index contributed by atoms with van der Waals surface area (Å²) in [5.41, 5.74) is 3.18. The van der Waals surface area contributed by atoms with E-state index in [-0.39, 0.29) is 0 Å². The van der Waals surface area contributed by atoms with Crippen LogP contribution in [0.25, 0.3) is 11.1 Å². The fourth-order valence-corrected chi connectivity index (χ4v) is 4.19. The third-order valence-corrected chi connectivity index (χ3v) is 5.64. The first-order valence-corrected chi connectivity index (χ1v) is 8.67. The van der Waals surface area contributed by atoms with Crippen LogP contribution in [0.5, 0.6) is 0 Å². The maximum absolute atomic E-state index is 11.0. The van der Waals surface area contributed by atoms with E-state index in [0.29, 0.717) is 5.92 Å². The van der Waals surface area contributed by atoms with Crippen LogP contribution in [0.2, 0.25) is 0 Å². The zero-order valence-corrected chi connectivity index (χ0v) is 13.5. The van der Waals surface area contributed by atoms with Gasteiger partial charge in [0.15, 0.2) is 0 Å². The summed E-state index contributed by atoms with van der Waals surface area (Å²) in [5.74, 6) is 0.502. The largest absolute Gasteiger partial charge is 0.388 e. The first-order valence-electron chi connectivity index (χ1n) is 8.67. The third-order valence-electron chi connectivity index (χ3n) is 5.64. The second-order valence-corrected chi connectivity index (χ2v) is 7.09. The van der Waals surface area contributed by atoms with E-state index in [0.717, 1.165) is 37.8 Å². The highest BCUT2D eigenvalue weighted by molar-refractivity contribution is 5.62. The second-order valence-electron chi connectivity index (χ2n) is 7.09. The number of piperidine rings is 3. The van der Waals surface area contributed by atoms with Crippen molar-refractivity contribution in [3.63, 3.8) is 0 Å². The molecule has 4 heterocycles. The van der Waals surface area contributed by atoms with E-state index in [1.165, 1.54) is 24.2 Å². The number of pyridine rings is 1. The number of fused-ring (bicyclic) bond motifs is 3. The lowest BCUT2D eigenvalue weighted by Gasteiger charge is -2.50. The monoisotopic (exact) mass is 308 g/mol. The van der Waals surface area contributed by atoms with Gasteiger partial charge >= 0.3 is 0 Å². The molecule has 1 atom stereocenters. The molecule has 0 aliphatic carbocycles. The summed E-state index contributed by atoms with van der Waals surface area (Å²) in [7, 11) is 0. The molecule has 0 amide bonds. The molecule has 2 bridgehead atoms. The van der Waals surface area contributed by atoms with Gasteiger partial charge in [0.25, 0.3) is 0 Å². The van der Waals surface area contributed by atoms with E-state index in [9.17, 15) is 5.11 Å². The fraction of sp³-hybridized carbons (Fsp3) is 0.450. The normalized spacial score (nSPS) is 29.6. The Hall–Kier alpha value is -1.71. The van der Waals surface area contributed by atoms with Gasteiger partial charge in [-0.1, -0.05) is 30.3 Å². The lowest BCUT2D eigenvalue weighted by Crippen LogP contribution is -2.59. The summed E-state index contributed by atoms with van der Waals surface area (Å²) in [6.45, 7) is 3.21. The van der Waals surface area contributed by atoms with Crippen molar-refractivity contribution >= 4 is 0 Å². The average molecular weight is 308 g/mol. The Kier molecular flexibility index (Phi) is 3.92. The molecule has 3 saturated heterocycles. The average Bonchev–Trinajstić information content (AvgIpc) is 2.62. The lowest BCUT2D eigenvalue weighted by molar-refractivity contribution is -0.115. The van der Waals surface area contributed by atoms with Gasteiger partial charge in [-0.15, -0.1) is 0 Å². The molecule has 5 rings (SSSR count). The molecule has 3 aliphatic rings. The van der Waals surface area contributed by atoms with Crippen LogP contribution in [0.3, 0.4) is 0 Å². The molecular formula is C20H24N2O. The van der Waals surface area contributed by atoms with Crippen LogP contribution < -0.4 is 0 Å². The van der Waals surface area contributed by atoms with E-state index < -0.39 is 5.60 Å². The molecule has 3 aliphatic heterocycles. The van der Waals surface area contributed by atoms with Crippen LogP contribution in [-0.2, 0) is 6.42 Å². The van der Waals surface area contributed by atoms with Gasteiger partial charge in [0.05, 0.1) is 5.60 Å². The highest BCUT2D eigenvalue weighted by Gasteiger charge is 2.44. The Morgan fingerprint density at radius 1 is 1.09 bits per heavy atom. The highest BCUT2D eigenvalue weighted by Crippen LogP contribution is 2.38. The molecule has 3 nitrogen and oxygen atoms in total. The quantitative estimate of drug-likeness (QED) is 0.942. The Labute approximate surface area is 138 Å². The van der Waals surface area contributed by atoms with Gasteiger partial charge in [-0.3, -0.25) is 4.98 Å². The number of nitrogens with zero attached hydrogens (tertiary/aromatic N) is 2. The summed E-state index contributed by atoms with van der Waals surface area (Å²) in [4.78, 5) is 6.60. The minimum absolute atomic E-state index is 0.474. The summed E-state index contributed by atoms with van der Waals surface area (Å²) in [6, 6.07) is 12.7. The number of aryl methyl sites for hydroxylation is 1. The van der Waals surface area contributed by atoms with E-state index >= 15 is 0 Å². The lowest BCUT2D eigenvalue weighted by atomic mass is 9.73. The van der Waals surface area contributed by atoms with Crippen LogP contribution in [0.4, 0.5) is 0 Å². The van der Waals surface area contributed by atoms with Gasteiger partial charge < -0.3 is 10.0 Å². The van der Waals surface area contributed by atoms with Gasteiger partial charge in [0.1, 0.15) is 0 Å². The highest BCUT2D eigenvalue weighted by atomic mass is 16.3. The van der Waals surface area contributed by atoms with E-state index in [2.05, 4.69) is 40.2 Å². The summed E-state index contributed by atoms with van der Waals surface area (Å²) in [6.07, 6.45) is 7.85. The van der Waals surface area contributed by atoms with Crippen LogP contribution in [0.15, 0.2) is 48.8 Å². The van der Waals surface area contributed by atoms with Crippen molar-refractivity contribution in [2.45, 2.75) is 31.3 Å². The van der Waals surface area contributed by atoms with Crippen molar-refractivity contribution < 1.29 is 5.11 Å². The molecule has 2 aromatic rings. The van der Waals surface area contributed by atoms with Crippen molar-refractivity contribution in [2.24, 2.45) is 5.92 Å². The van der Waals surface area contributed by atoms with Crippen molar-refractivity contribution in [2.75, 3.05) is 19.6 Å². The predicted octanol–water partition coefficient (Wildman–Crippen LogP) is 3.14. The van der Waals surface area contributed by atoms with Crippen molar-refractivity contribution in [1.82, 2.24) is 9.88 Å². The predicted molar refractivity (Wildman–Crippen MR) is 92.1 cm³/mol. The maximum Gasteiger partial charge on any atom is 0.0806 e. The number of hydrogen-bond acceptors (Lipinski definition) is 3. The molecular weight excluding hydrogens is 284 g/mol. The van der Waals surface area contributed by atoms with Crippen molar-refractivity contribution in [1.29, 1.82) is 0 Å². The van der Waals surface area contributed by atoms with Crippen LogP contribution in [0.1, 0.15) is 24.8 Å². The molecule has 0 spiro atoms. The summed E-state index contributed by atoms with van der Waals surface area (Å²) in [5, 5.41) is 11.0. The zero-order valence-electron chi connectivity index (χ0n) is 13.5. The SMILES string of the molecule is OC1(CCc2ccc(-c3cccnc3)cc2)CN2CCC1CC2. The Balaban J connectivity index is 1.42. The van der Waals surface area contributed by atoms with Gasteiger partial charge in [0.2, 0.25) is 0 Å². The molecule has 0 radical (unpaired) electrons. The molecule has 1 unspecified atom stereocenters. The van der Waals surface area contributed by atoms with Crippen LogP contribution >= 0.6 is 0 Å². The molecule has 3 heteroatoms. The number of rotatable bonds is 4. The Bertz CT molecular complexity index is 647. The van der Waals surface area contributed by atoms with Crippen molar-refractivity contribution in [3.8, 4) is 11.1 Å². The molecule has 23 heavy (non-hydrogen) atoms. The minimum Gasteiger partial charge on any atom is -0.388 e. The molecule has 120 valence electrons. The van der Waals surface area contributed by atoms with Crippen molar-refractivity contribution in [3.05, 3.63) is 54.4 Å². The number of aromatic nitrogens is 1. The molecule has 1 aromatic heterocycles. The first kappa shape index (κ1) is 14.9. The van der Waals surface area contributed by atoms with Crippen LogP contribution in [0, 0.1) is 5.92 Å². The summed E-state index contributed by atoms with van der Waals surface area (Å²) >= 11 is 0. The van der Waals surface area contributed by atoms with Crippen LogP contribution in [-0.4, -0.2) is 40.2 Å². The van der Waals surface area contributed by atoms with E-state index in [1.807, 2.05) is 12.3 Å². The van der Waals surface area contributed by atoms with Gasteiger partial charge in [-0.25, -0.2) is 0 Å². The maximum atomic E-state index is 11.0. The first-order chi connectivity index (χ1) is 11.2. The molecule has 3 fully saturated rings.